The predicted molar refractivity (Wildman–Crippen MR) is 160 cm³/mol. The van der Waals surface area contributed by atoms with Crippen LogP contribution in [0.1, 0.15) is 40.5 Å². The number of rotatable bonds is 12. The van der Waals surface area contributed by atoms with Gasteiger partial charge in [0.1, 0.15) is 6.04 Å². The lowest BCUT2D eigenvalue weighted by Gasteiger charge is -2.41. The van der Waals surface area contributed by atoms with Crippen LogP contribution in [0.25, 0.3) is 0 Å². The Kier molecular flexibility index (Phi) is 9.08. The molecule has 0 aromatic heterocycles. The summed E-state index contributed by atoms with van der Waals surface area (Å²) in [5.74, 6) is -3.38. The lowest BCUT2D eigenvalue weighted by atomic mass is 9.71. The van der Waals surface area contributed by atoms with Crippen molar-refractivity contribution in [2.24, 2.45) is 17.8 Å². The van der Waals surface area contributed by atoms with Crippen molar-refractivity contribution in [1.29, 1.82) is 0 Å². The smallest absolute Gasteiger partial charge is 0.308 e. The average molecular weight is 623 g/mol. The van der Waals surface area contributed by atoms with Gasteiger partial charge in [-0.3, -0.25) is 14.4 Å². The van der Waals surface area contributed by atoms with Gasteiger partial charge >= 0.3 is 5.97 Å². The SMILES string of the molecule is C=CCN(C(=O)C1N([C@@H](CO)[C@@H](C)CC)C(=O)[C@@H]2[C@H](C(=O)O)[C@H]3SC12CC3Br)c1ccc(N(CC)CC)cc1. The van der Waals surface area contributed by atoms with Crippen LogP contribution in [-0.2, 0) is 14.4 Å². The molecule has 3 aliphatic rings. The number of aliphatic hydroxyl groups excluding tert-OH is 1. The fourth-order valence-corrected chi connectivity index (χ4v) is 10.4. The maximum atomic E-state index is 14.7. The second-order valence-corrected chi connectivity index (χ2v) is 13.5. The number of alkyl halides is 1. The van der Waals surface area contributed by atoms with Crippen molar-refractivity contribution in [3.63, 3.8) is 0 Å². The van der Waals surface area contributed by atoms with E-state index in [1.807, 2.05) is 38.1 Å². The number of anilines is 2. The van der Waals surface area contributed by atoms with Crippen molar-refractivity contribution in [3.05, 3.63) is 36.9 Å². The zero-order chi connectivity index (χ0) is 28.6. The molecular formula is C29H40BrN3O5S. The number of thioether (sulfide) groups is 1. The van der Waals surface area contributed by atoms with Gasteiger partial charge in [0.05, 0.1) is 29.2 Å². The van der Waals surface area contributed by atoms with Gasteiger partial charge in [-0.1, -0.05) is 42.3 Å². The first-order valence-electron chi connectivity index (χ1n) is 13.9. The quantitative estimate of drug-likeness (QED) is 0.269. The first-order valence-corrected chi connectivity index (χ1v) is 15.7. The number of carboxylic acids is 1. The number of nitrogens with zero attached hydrogens (tertiary/aromatic N) is 3. The summed E-state index contributed by atoms with van der Waals surface area (Å²) in [6.07, 6.45) is 2.88. The van der Waals surface area contributed by atoms with Crippen LogP contribution < -0.4 is 9.80 Å². The maximum absolute atomic E-state index is 14.7. The van der Waals surface area contributed by atoms with Crippen LogP contribution in [0.4, 0.5) is 11.4 Å². The van der Waals surface area contributed by atoms with E-state index in [0.29, 0.717) is 18.5 Å². The Morgan fingerprint density at radius 1 is 1.23 bits per heavy atom. The van der Waals surface area contributed by atoms with Gasteiger partial charge in [-0.05, 0) is 50.5 Å². The van der Waals surface area contributed by atoms with Crippen LogP contribution in [0, 0.1) is 17.8 Å². The van der Waals surface area contributed by atoms with E-state index in [1.165, 1.54) is 11.8 Å². The maximum Gasteiger partial charge on any atom is 0.308 e. The molecule has 2 bridgehead atoms. The first kappa shape index (κ1) is 29.9. The molecular weight excluding hydrogens is 582 g/mol. The van der Waals surface area contributed by atoms with E-state index in [0.717, 1.165) is 18.8 Å². The molecule has 3 unspecified atom stereocenters. The van der Waals surface area contributed by atoms with E-state index in [9.17, 15) is 24.6 Å². The largest absolute Gasteiger partial charge is 0.481 e. The molecule has 39 heavy (non-hydrogen) atoms. The van der Waals surface area contributed by atoms with Crippen LogP contribution in [0.3, 0.4) is 0 Å². The minimum absolute atomic E-state index is 0.0732. The zero-order valence-corrected chi connectivity index (χ0v) is 25.5. The van der Waals surface area contributed by atoms with Crippen molar-refractivity contribution in [3.8, 4) is 0 Å². The van der Waals surface area contributed by atoms with Gasteiger partial charge in [-0.2, -0.15) is 0 Å². The van der Waals surface area contributed by atoms with Crippen molar-refractivity contribution in [2.45, 2.75) is 67.4 Å². The molecule has 3 fully saturated rings. The second kappa shape index (κ2) is 11.8. The molecule has 3 saturated heterocycles. The van der Waals surface area contributed by atoms with E-state index in [1.54, 1.807) is 15.9 Å². The normalized spacial score (nSPS) is 30.7. The molecule has 2 amide bonds. The second-order valence-electron chi connectivity index (χ2n) is 10.8. The van der Waals surface area contributed by atoms with E-state index in [4.69, 9.17) is 0 Å². The molecule has 8 atom stereocenters. The van der Waals surface area contributed by atoms with E-state index in [2.05, 4.69) is 41.3 Å². The Balaban J connectivity index is 1.82. The molecule has 1 spiro atoms. The number of hydrogen-bond acceptors (Lipinski definition) is 6. The molecule has 214 valence electrons. The van der Waals surface area contributed by atoms with Gasteiger partial charge in [0, 0.05) is 41.1 Å². The number of aliphatic carboxylic acids is 1. The highest BCUT2D eigenvalue weighted by atomic mass is 79.9. The number of hydrogen-bond donors (Lipinski definition) is 2. The molecule has 0 aliphatic carbocycles. The Hall–Kier alpha value is -2.04. The Morgan fingerprint density at radius 2 is 1.85 bits per heavy atom. The molecule has 0 radical (unpaired) electrons. The van der Waals surface area contributed by atoms with Gasteiger partial charge in [-0.15, -0.1) is 18.3 Å². The Bertz CT molecular complexity index is 1100. The summed E-state index contributed by atoms with van der Waals surface area (Å²) in [6, 6.07) is 6.32. The first-order chi connectivity index (χ1) is 18.6. The van der Waals surface area contributed by atoms with Crippen molar-refractivity contribution in [2.75, 3.05) is 36.0 Å². The van der Waals surface area contributed by atoms with Gasteiger partial charge in [0.15, 0.2) is 0 Å². The highest BCUT2D eigenvalue weighted by molar-refractivity contribution is 9.09. The fourth-order valence-electron chi connectivity index (χ4n) is 6.83. The molecule has 1 aromatic carbocycles. The number of fused-ring (bicyclic) bond motifs is 1. The number of halogens is 1. The van der Waals surface area contributed by atoms with Gasteiger partial charge in [-0.25, -0.2) is 0 Å². The van der Waals surface area contributed by atoms with E-state index < -0.39 is 34.6 Å². The standard InChI is InChI=1S/C29H40BrN3O5S/c1-6-14-32(19-12-10-18(11-13-19)31(8-3)9-4)27(36)25-29-15-20(30)24(39-29)22(28(37)38)23(29)26(35)33(25)21(16-34)17(5)7-2/h6,10-13,17,20-25,34H,1,7-9,14-16H2,2-5H3,(H,37,38)/t17-,20?,21-,22-,23-,24-,25?,29?/m0/s1. The van der Waals surface area contributed by atoms with E-state index >= 15 is 0 Å². The van der Waals surface area contributed by atoms with Crippen LogP contribution in [0.5, 0.6) is 0 Å². The number of carboxylic acid groups (broad SMARTS) is 1. The zero-order valence-electron chi connectivity index (χ0n) is 23.1. The molecule has 10 heteroatoms. The summed E-state index contributed by atoms with van der Waals surface area (Å²) in [5.41, 5.74) is 1.74. The number of amides is 2. The van der Waals surface area contributed by atoms with Gasteiger partial charge < -0.3 is 24.9 Å². The topological polar surface area (TPSA) is 101 Å². The molecule has 2 N–H and O–H groups in total. The third kappa shape index (κ3) is 4.80. The number of carbonyl (C=O) groups excluding carboxylic acids is 2. The molecule has 3 heterocycles. The summed E-state index contributed by atoms with van der Waals surface area (Å²) in [7, 11) is 0. The predicted octanol–water partition coefficient (Wildman–Crippen LogP) is 4.01. The molecule has 4 rings (SSSR count). The average Bonchev–Trinajstić information content (AvgIpc) is 3.52. The summed E-state index contributed by atoms with van der Waals surface area (Å²) >= 11 is 5.16. The third-order valence-electron chi connectivity index (χ3n) is 8.96. The number of likely N-dealkylation sites (tertiary alicyclic amines) is 1. The summed E-state index contributed by atoms with van der Waals surface area (Å²) in [4.78, 5) is 46.6. The molecule has 0 saturated carbocycles. The lowest BCUT2D eigenvalue weighted by Crippen LogP contribution is -2.59. The van der Waals surface area contributed by atoms with Crippen molar-refractivity contribution >= 4 is 56.9 Å². The van der Waals surface area contributed by atoms with Crippen LogP contribution in [0.2, 0.25) is 0 Å². The van der Waals surface area contributed by atoms with Crippen molar-refractivity contribution in [1.82, 2.24) is 4.90 Å². The monoisotopic (exact) mass is 621 g/mol. The van der Waals surface area contributed by atoms with Crippen molar-refractivity contribution < 1.29 is 24.6 Å². The highest BCUT2D eigenvalue weighted by Crippen LogP contribution is 2.68. The molecule has 1 aromatic rings. The summed E-state index contributed by atoms with van der Waals surface area (Å²) in [5, 5.41) is 20.4. The third-order valence-corrected chi connectivity index (χ3v) is 12.2. The van der Waals surface area contributed by atoms with Crippen LogP contribution in [-0.4, -0.2) is 86.0 Å². The van der Waals surface area contributed by atoms with E-state index in [-0.39, 0.29) is 41.0 Å². The van der Waals surface area contributed by atoms with Gasteiger partial charge in [0.25, 0.3) is 5.91 Å². The minimum Gasteiger partial charge on any atom is -0.481 e. The Labute approximate surface area is 243 Å². The minimum atomic E-state index is -1.01. The fraction of sp³-hybridized carbons (Fsp3) is 0.621. The Morgan fingerprint density at radius 3 is 2.36 bits per heavy atom. The number of benzene rings is 1. The lowest BCUT2D eigenvalue weighted by molar-refractivity contribution is -0.149. The van der Waals surface area contributed by atoms with Crippen LogP contribution >= 0.6 is 27.7 Å². The number of carbonyl (C=O) groups is 3. The summed E-state index contributed by atoms with van der Waals surface area (Å²) < 4.78 is -0.891. The van der Waals surface area contributed by atoms with Crippen LogP contribution in [0.15, 0.2) is 36.9 Å². The molecule has 8 nitrogen and oxygen atoms in total. The summed E-state index contributed by atoms with van der Waals surface area (Å²) in [6.45, 7) is 13.7. The highest BCUT2D eigenvalue weighted by Gasteiger charge is 2.76. The van der Waals surface area contributed by atoms with Gasteiger partial charge in [0.2, 0.25) is 5.91 Å². The molecule has 3 aliphatic heterocycles. The number of aliphatic hydroxyl groups is 1.